The normalized spacial score (nSPS) is 10.3. The fraction of sp³-hybridized carbons (Fsp3) is 0.276. The van der Waals surface area contributed by atoms with E-state index in [-0.39, 0.29) is 29.8 Å². The molecule has 7 heteroatoms. The third-order valence-electron chi connectivity index (χ3n) is 5.35. The van der Waals surface area contributed by atoms with Crippen LogP contribution in [0.1, 0.15) is 36.8 Å². The average molecular weight is 505 g/mol. The summed E-state index contributed by atoms with van der Waals surface area (Å²) in [5.41, 5.74) is 3.15. The van der Waals surface area contributed by atoms with Gasteiger partial charge in [0, 0.05) is 31.0 Å². The van der Waals surface area contributed by atoms with Crippen LogP contribution in [0.25, 0.3) is 0 Å². The number of thiocarbonyl (C=S) groups is 1. The zero-order chi connectivity index (χ0) is 25.4. The molecule has 0 bridgehead atoms. The number of amides is 1. The molecule has 0 aromatic heterocycles. The summed E-state index contributed by atoms with van der Waals surface area (Å²) < 4.78 is 11.1. The number of ether oxygens (including phenoxy) is 2. The Labute approximate surface area is 218 Å². The lowest BCUT2D eigenvalue weighted by atomic mass is 10.1. The molecular weight excluding hydrogens is 472 g/mol. The monoisotopic (exact) mass is 504 g/mol. The fourth-order valence-electron chi connectivity index (χ4n) is 3.52. The first kappa shape index (κ1) is 26.9. The lowest BCUT2D eigenvalue weighted by Crippen LogP contribution is -2.34. The molecule has 3 aromatic rings. The van der Waals surface area contributed by atoms with Crippen molar-refractivity contribution in [3.8, 4) is 5.75 Å². The Hall–Kier alpha value is -3.71. The smallest absolute Gasteiger partial charge is 0.305 e. The third kappa shape index (κ3) is 10.7. The van der Waals surface area contributed by atoms with Crippen LogP contribution in [-0.4, -0.2) is 30.2 Å². The van der Waals surface area contributed by atoms with E-state index in [1.807, 2.05) is 60.7 Å². The van der Waals surface area contributed by atoms with Crippen molar-refractivity contribution in [2.24, 2.45) is 0 Å². The minimum Gasteiger partial charge on any atom is -0.493 e. The Bertz CT molecular complexity index is 1110. The van der Waals surface area contributed by atoms with Gasteiger partial charge < -0.3 is 20.1 Å². The van der Waals surface area contributed by atoms with E-state index in [4.69, 9.17) is 21.7 Å². The van der Waals surface area contributed by atoms with Gasteiger partial charge in [0.15, 0.2) is 5.11 Å². The lowest BCUT2D eigenvalue weighted by Gasteiger charge is -2.11. The van der Waals surface area contributed by atoms with Crippen LogP contribution in [0.2, 0.25) is 0 Å². The van der Waals surface area contributed by atoms with Gasteiger partial charge in [0.1, 0.15) is 5.75 Å². The largest absolute Gasteiger partial charge is 0.493 e. The number of esters is 1. The molecule has 3 aromatic carbocycles. The quantitative estimate of drug-likeness (QED) is 0.183. The Morgan fingerprint density at radius 3 is 2.17 bits per heavy atom. The Kier molecular flexibility index (Phi) is 11.4. The molecule has 1 amide bonds. The van der Waals surface area contributed by atoms with E-state index in [1.165, 1.54) is 11.1 Å². The molecule has 0 aliphatic carbocycles. The molecule has 0 saturated heterocycles. The van der Waals surface area contributed by atoms with Gasteiger partial charge in [0.25, 0.3) is 0 Å². The van der Waals surface area contributed by atoms with Gasteiger partial charge in [-0.25, -0.2) is 0 Å². The number of hydrogen-bond acceptors (Lipinski definition) is 5. The molecule has 0 saturated carbocycles. The maximum atomic E-state index is 12.2. The van der Waals surface area contributed by atoms with Gasteiger partial charge >= 0.3 is 5.97 Å². The summed E-state index contributed by atoms with van der Waals surface area (Å²) in [7, 11) is 0. The van der Waals surface area contributed by atoms with Gasteiger partial charge in [-0.2, -0.15) is 0 Å². The molecule has 0 radical (unpaired) electrons. The molecule has 0 aliphatic heterocycles. The number of anilines is 1. The molecule has 0 heterocycles. The highest BCUT2D eigenvalue weighted by Gasteiger charge is 2.09. The fourth-order valence-corrected chi connectivity index (χ4v) is 3.75. The summed E-state index contributed by atoms with van der Waals surface area (Å²) in [6.45, 7) is 0.938. The van der Waals surface area contributed by atoms with Crippen molar-refractivity contribution in [2.75, 3.05) is 18.5 Å². The van der Waals surface area contributed by atoms with Crippen molar-refractivity contribution in [1.82, 2.24) is 5.32 Å². The van der Waals surface area contributed by atoms with Gasteiger partial charge in [-0.1, -0.05) is 66.7 Å². The van der Waals surface area contributed by atoms with E-state index >= 15 is 0 Å². The van der Waals surface area contributed by atoms with E-state index in [0.29, 0.717) is 25.4 Å². The molecule has 6 nitrogen and oxygen atoms in total. The Balaban J connectivity index is 1.27. The summed E-state index contributed by atoms with van der Waals surface area (Å²) in [4.78, 5) is 24.1. The maximum Gasteiger partial charge on any atom is 0.305 e. The van der Waals surface area contributed by atoms with Crippen LogP contribution in [0.3, 0.4) is 0 Å². The van der Waals surface area contributed by atoms with Crippen molar-refractivity contribution < 1.29 is 19.1 Å². The second kappa shape index (κ2) is 15.3. The minimum atomic E-state index is -0.291. The second-order valence-electron chi connectivity index (χ2n) is 8.28. The molecule has 3 rings (SSSR count). The summed E-state index contributed by atoms with van der Waals surface area (Å²) in [6, 6.07) is 27.6. The van der Waals surface area contributed by atoms with Crippen molar-refractivity contribution >= 4 is 34.9 Å². The van der Waals surface area contributed by atoms with Crippen LogP contribution >= 0.6 is 12.2 Å². The van der Waals surface area contributed by atoms with Crippen LogP contribution in [0.15, 0.2) is 84.9 Å². The summed E-state index contributed by atoms with van der Waals surface area (Å²) in [5, 5.41) is 5.84. The predicted molar refractivity (Wildman–Crippen MR) is 146 cm³/mol. The zero-order valence-corrected chi connectivity index (χ0v) is 21.1. The number of nitrogens with one attached hydrogen (secondary N) is 2. The summed E-state index contributed by atoms with van der Waals surface area (Å²) >= 11 is 5.24. The third-order valence-corrected chi connectivity index (χ3v) is 5.55. The topological polar surface area (TPSA) is 76.7 Å². The summed E-state index contributed by atoms with van der Waals surface area (Å²) in [6.07, 6.45) is 3.23. The number of rotatable bonds is 13. The van der Waals surface area contributed by atoms with Crippen LogP contribution in [0.5, 0.6) is 5.75 Å². The average Bonchev–Trinajstić information content (AvgIpc) is 2.88. The number of benzene rings is 3. The Morgan fingerprint density at radius 1 is 0.750 bits per heavy atom. The molecule has 36 heavy (non-hydrogen) atoms. The van der Waals surface area contributed by atoms with Gasteiger partial charge in [0.05, 0.1) is 13.2 Å². The van der Waals surface area contributed by atoms with Gasteiger partial charge in [-0.05, 0) is 54.7 Å². The van der Waals surface area contributed by atoms with E-state index in [9.17, 15) is 9.59 Å². The second-order valence-corrected chi connectivity index (χ2v) is 8.69. The van der Waals surface area contributed by atoms with Gasteiger partial charge in [0.2, 0.25) is 5.91 Å². The van der Waals surface area contributed by atoms with Crippen molar-refractivity contribution in [2.45, 2.75) is 38.5 Å². The number of aryl methyl sites for hydroxylation is 1. The molecule has 0 unspecified atom stereocenters. The highest BCUT2D eigenvalue weighted by Crippen LogP contribution is 2.17. The molecule has 0 aliphatic rings. The van der Waals surface area contributed by atoms with Crippen LogP contribution in [-0.2, 0) is 27.2 Å². The maximum absolute atomic E-state index is 12.2. The first-order valence-corrected chi connectivity index (χ1v) is 12.6. The highest BCUT2D eigenvalue weighted by atomic mass is 32.1. The molecular formula is C29H32N2O4S. The van der Waals surface area contributed by atoms with Crippen molar-refractivity contribution in [1.29, 1.82) is 0 Å². The van der Waals surface area contributed by atoms with Crippen molar-refractivity contribution in [3.63, 3.8) is 0 Å². The predicted octanol–water partition coefficient (Wildman–Crippen LogP) is 5.47. The number of carbonyl (C=O) groups excluding carboxylic acids is 2. The first-order valence-electron chi connectivity index (χ1n) is 12.2. The SMILES string of the molecule is O=C(CCCC(=O)OCCCc1ccccc1)NC(=S)Nc1cccc(OCCc2ccccc2)c1. The standard InChI is InChI=1S/C29H32N2O4S/c32-27(17-8-18-28(33)35-20-9-14-23-10-3-1-4-11-23)31-29(36)30-25-15-7-16-26(22-25)34-21-19-24-12-5-2-6-13-24/h1-7,10-13,15-16,22H,8-9,14,17-21H2,(H2,30,31,32,36). The molecule has 0 atom stereocenters. The van der Waals surface area contributed by atoms with Crippen LogP contribution < -0.4 is 15.4 Å². The van der Waals surface area contributed by atoms with E-state index in [0.717, 1.165) is 24.9 Å². The first-order chi connectivity index (χ1) is 17.6. The van der Waals surface area contributed by atoms with E-state index in [1.54, 1.807) is 0 Å². The van der Waals surface area contributed by atoms with E-state index in [2.05, 4.69) is 34.9 Å². The molecule has 0 spiro atoms. The molecule has 2 N–H and O–H groups in total. The lowest BCUT2D eigenvalue weighted by molar-refractivity contribution is -0.143. The summed E-state index contributed by atoms with van der Waals surface area (Å²) in [5.74, 6) is 0.174. The van der Waals surface area contributed by atoms with Gasteiger partial charge in [-0.3, -0.25) is 9.59 Å². The van der Waals surface area contributed by atoms with Crippen LogP contribution in [0, 0.1) is 0 Å². The zero-order valence-electron chi connectivity index (χ0n) is 20.3. The van der Waals surface area contributed by atoms with E-state index < -0.39 is 0 Å². The Morgan fingerprint density at radius 2 is 1.44 bits per heavy atom. The van der Waals surface area contributed by atoms with Crippen molar-refractivity contribution in [3.05, 3.63) is 96.1 Å². The number of hydrogen-bond donors (Lipinski definition) is 2. The minimum absolute atomic E-state index is 0.184. The van der Waals surface area contributed by atoms with Gasteiger partial charge in [-0.15, -0.1) is 0 Å². The van der Waals surface area contributed by atoms with Crippen LogP contribution in [0.4, 0.5) is 5.69 Å². The molecule has 188 valence electrons. The highest BCUT2D eigenvalue weighted by molar-refractivity contribution is 7.80. The molecule has 0 fully saturated rings. The number of carbonyl (C=O) groups is 2.